The topological polar surface area (TPSA) is 46.6 Å². The van der Waals surface area contributed by atoms with Crippen molar-refractivity contribution in [2.24, 2.45) is 0 Å². The molecule has 1 fully saturated rings. The number of carbonyl (C=O) groups is 2. The van der Waals surface area contributed by atoms with E-state index < -0.39 is 11.7 Å². The van der Waals surface area contributed by atoms with Gasteiger partial charge in [-0.1, -0.05) is 12.1 Å². The van der Waals surface area contributed by atoms with Crippen molar-refractivity contribution >= 4 is 12.0 Å². The van der Waals surface area contributed by atoms with Crippen molar-refractivity contribution in [1.29, 1.82) is 0 Å². The minimum Gasteiger partial charge on any atom is -0.443 e. The molecule has 0 N–H and O–H groups in total. The van der Waals surface area contributed by atoms with E-state index in [9.17, 15) is 14.0 Å². The summed E-state index contributed by atoms with van der Waals surface area (Å²) in [7, 11) is 0. The lowest BCUT2D eigenvalue weighted by molar-refractivity contribution is -0.143. The van der Waals surface area contributed by atoms with E-state index in [1.54, 1.807) is 32.9 Å². The van der Waals surface area contributed by atoms with Crippen molar-refractivity contribution in [3.05, 3.63) is 35.6 Å². The molecule has 1 aliphatic rings. The summed E-state index contributed by atoms with van der Waals surface area (Å²) in [6, 6.07) is 5.85. The van der Waals surface area contributed by atoms with Gasteiger partial charge in [-0.05, 0) is 44.9 Å². The molecule has 1 aliphatic heterocycles. The van der Waals surface area contributed by atoms with Gasteiger partial charge in [0.25, 0.3) is 0 Å². The monoisotopic (exact) mass is 279 g/mol. The number of nitrogens with zero attached hydrogens (tertiary/aromatic N) is 1. The summed E-state index contributed by atoms with van der Waals surface area (Å²) in [6.45, 7) is 5.26. The number of β-lactam (4-membered cyclic amide) rings is 1. The summed E-state index contributed by atoms with van der Waals surface area (Å²) < 4.78 is 18.0. The molecule has 0 unspecified atom stereocenters. The number of ether oxygens (including phenoxy) is 1. The lowest BCUT2D eigenvalue weighted by Crippen LogP contribution is -2.57. The zero-order valence-corrected chi connectivity index (χ0v) is 11.9. The van der Waals surface area contributed by atoms with Crippen molar-refractivity contribution in [1.82, 2.24) is 4.90 Å². The molecule has 1 atom stereocenters. The minimum absolute atomic E-state index is 0.206. The first-order chi connectivity index (χ1) is 9.26. The van der Waals surface area contributed by atoms with E-state index in [0.717, 1.165) is 10.5 Å². The number of hydrogen-bond acceptors (Lipinski definition) is 3. The largest absolute Gasteiger partial charge is 0.443 e. The molecular formula is C15H18FNO3. The van der Waals surface area contributed by atoms with Crippen molar-refractivity contribution in [3.8, 4) is 0 Å². The van der Waals surface area contributed by atoms with E-state index in [2.05, 4.69) is 0 Å². The molecule has 1 aromatic rings. The fourth-order valence-electron chi connectivity index (χ4n) is 2.10. The molecule has 2 rings (SSSR count). The molecule has 0 bridgehead atoms. The van der Waals surface area contributed by atoms with Gasteiger partial charge in [-0.15, -0.1) is 0 Å². The maximum atomic E-state index is 12.8. The number of halogens is 1. The third-order valence-electron chi connectivity index (χ3n) is 3.02. The van der Waals surface area contributed by atoms with Crippen LogP contribution in [0, 0.1) is 5.82 Å². The van der Waals surface area contributed by atoms with Gasteiger partial charge in [-0.25, -0.2) is 14.1 Å². The standard InChI is InChI=1S/C15H18FNO3/c1-15(2,3)20-14(19)17-12(9-13(17)18)8-10-4-6-11(16)7-5-10/h4-7,12H,8-9H2,1-3H3/t12-/m1/s1. The van der Waals surface area contributed by atoms with Gasteiger partial charge < -0.3 is 4.74 Å². The quantitative estimate of drug-likeness (QED) is 0.782. The summed E-state index contributed by atoms with van der Waals surface area (Å²) in [6.07, 6.45) is 0.225. The minimum atomic E-state index is -0.632. The molecule has 1 heterocycles. The van der Waals surface area contributed by atoms with E-state index in [-0.39, 0.29) is 17.8 Å². The zero-order valence-electron chi connectivity index (χ0n) is 11.9. The van der Waals surface area contributed by atoms with Crippen molar-refractivity contribution in [2.75, 3.05) is 0 Å². The van der Waals surface area contributed by atoms with Crippen LogP contribution in [0.25, 0.3) is 0 Å². The fourth-order valence-corrected chi connectivity index (χ4v) is 2.10. The fraction of sp³-hybridized carbons (Fsp3) is 0.467. The van der Waals surface area contributed by atoms with Gasteiger partial charge in [0.1, 0.15) is 11.4 Å². The third kappa shape index (κ3) is 3.35. The van der Waals surface area contributed by atoms with Gasteiger partial charge in [0.05, 0.1) is 6.04 Å². The van der Waals surface area contributed by atoms with Gasteiger partial charge in [0, 0.05) is 6.42 Å². The van der Waals surface area contributed by atoms with E-state index in [4.69, 9.17) is 4.74 Å². The lowest BCUT2D eigenvalue weighted by atomic mass is 9.95. The van der Waals surface area contributed by atoms with Crippen LogP contribution in [0.2, 0.25) is 0 Å². The summed E-state index contributed by atoms with van der Waals surface area (Å²) in [5, 5.41) is 0. The Labute approximate surface area is 117 Å². The first-order valence-electron chi connectivity index (χ1n) is 6.56. The van der Waals surface area contributed by atoms with E-state index in [1.165, 1.54) is 12.1 Å². The van der Waals surface area contributed by atoms with Gasteiger partial charge >= 0.3 is 6.09 Å². The number of benzene rings is 1. The summed E-state index contributed by atoms with van der Waals surface area (Å²) in [5.74, 6) is -0.534. The molecule has 20 heavy (non-hydrogen) atoms. The van der Waals surface area contributed by atoms with Crippen molar-refractivity contribution in [2.45, 2.75) is 45.3 Å². The first-order valence-corrected chi connectivity index (χ1v) is 6.56. The maximum Gasteiger partial charge on any atom is 0.417 e. The molecule has 108 valence electrons. The highest BCUT2D eigenvalue weighted by molar-refractivity contribution is 5.97. The highest BCUT2D eigenvalue weighted by Gasteiger charge is 2.42. The van der Waals surface area contributed by atoms with Crippen LogP contribution in [-0.2, 0) is 16.0 Å². The van der Waals surface area contributed by atoms with E-state index in [1.807, 2.05) is 0 Å². The second-order valence-corrected chi connectivity index (χ2v) is 5.93. The number of rotatable bonds is 2. The molecule has 0 spiro atoms. The van der Waals surface area contributed by atoms with Crippen molar-refractivity contribution in [3.63, 3.8) is 0 Å². The van der Waals surface area contributed by atoms with Crippen LogP contribution in [-0.4, -0.2) is 28.5 Å². The normalized spacial score (nSPS) is 18.7. The Morgan fingerprint density at radius 3 is 2.45 bits per heavy atom. The average molecular weight is 279 g/mol. The van der Waals surface area contributed by atoms with Crippen LogP contribution in [0.3, 0.4) is 0 Å². The predicted octanol–water partition coefficient (Wildman–Crippen LogP) is 2.90. The molecule has 0 saturated carbocycles. The first kappa shape index (κ1) is 14.5. The molecule has 5 heteroatoms. The second-order valence-electron chi connectivity index (χ2n) is 5.93. The van der Waals surface area contributed by atoms with E-state index in [0.29, 0.717) is 12.8 Å². The van der Waals surface area contributed by atoms with Crippen LogP contribution in [0.4, 0.5) is 9.18 Å². The van der Waals surface area contributed by atoms with Crippen LogP contribution in [0.15, 0.2) is 24.3 Å². The van der Waals surface area contributed by atoms with Gasteiger partial charge in [0.15, 0.2) is 0 Å². The third-order valence-corrected chi connectivity index (χ3v) is 3.02. The number of imide groups is 1. The molecule has 0 aromatic heterocycles. The highest BCUT2D eigenvalue weighted by atomic mass is 19.1. The summed E-state index contributed by atoms with van der Waals surface area (Å²) >= 11 is 0. The lowest BCUT2D eigenvalue weighted by Gasteiger charge is -2.39. The number of hydrogen-bond donors (Lipinski definition) is 0. The molecule has 1 saturated heterocycles. The Bertz CT molecular complexity index is 519. The van der Waals surface area contributed by atoms with Crippen LogP contribution >= 0.6 is 0 Å². The van der Waals surface area contributed by atoms with Crippen molar-refractivity contribution < 1.29 is 18.7 Å². The average Bonchev–Trinajstić information content (AvgIpc) is 2.28. The number of carbonyl (C=O) groups excluding carboxylic acids is 2. The smallest absolute Gasteiger partial charge is 0.417 e. The van der Waals surface area contributed by atoms with Crippen LogP contribution in [0.5, 0.6) is 0 Å². The summed E-state index contributed by atoms with van der Waals surface area (Å²) in [4.78, 5) is 24.7. The van der Waals surface area contributed by atoms with Gasteiger partial charge in [-0.3, -0.25) is 4.79 Å². The van der Waals surface area contributed by atoms with Crippen LogP contribution < -0.4 is 0 Å². The highest BCUT2D eigenvalue weighted by Crippen LogP contribution is 2.25. The van der Waals surface area contributed by atoms with E-state index >= 15 is 0 Å². The SMILES string of the molecule is CC(C)(C)OC(=O)N1C(=O)C[C@H]1Cc1ccc(F)cc1. The van der Waals surface area contributed by atoms with Gasteiger partial charge in [0.2, 0.25) is 5.91 Å². The molecular weight excluding hydrogens is 261 g/mol. The Balaban J connectivity index is 2.01. The zero-order chi connectivity index (χ0) is 14.9. The summed E-state index contributed by atoms with van der Waals surface area (Å²) in [5.41, 5.74) is 0.255. The Hall–Kier alpha value is -1.91. The molecule has 1 aromatic carbocycles. The maximum absolute atomic E-state index is 12.8. The second kappa shape index (κ2) is 5.23. The van der Waals surface area contributed by atoms with Gasteiger partial charge in [-0.2, -0.15) is 0 Å². The molecule has 4 nitrogen and oxygen atoms in total. The molecule has 0 radical (unpaired) electrons. The number of likely N-dealkylation sites (tertiary alicyclic amines) is 1. The Morgan fingerprint density at radius 1 is 1.35 bits per heavy atom. The molecule has 0 aliphatic carbocycles. The number of amides is 2. The Morgan fingerprint density at radius 2 is 1.95 bits per heavy atom. The predicted molar refractivity (Wildman–Crippen MR) is 71.6 cm³/mol. The molecule has 2 amide bonds. The van der Waals surface area contributed by atoms with Crippen LogP contribution in [0.1, 0.15) is 32.8 Å². The Kier molecular flexibility index (Phi) is 3.79.